The third kappa shape index (κ3) is 4.20. The van der Waals surface area contributed by atoms with Gasteiger partial charge in [-0.15, -0.1) is 0 Å². The first-order valence-corrected chi connectivity index (χ1v) is 7.78. The Morgan fingerprint density at radius 3 is 2.47 bits per heavy atom. The molecule has 0 heterocycles. The van der Waals surface area contributed by atoms with E-state index in [0.717, 1.165) is 25.2 Å². The SMILES string of the molecule is CCC1CCC(C(=O)O)C(SC(C)C(C)C)C1. The van der Waals surface area contributed by atoms with Crippen LogP contribution in [0.5, 0.6) is 0 Å². The third-order valence-electron chi connectivity index (χ3n) is 4.12. The highest BCUT2D eigenvalue weighted by atomic mass is 32.2. The molecule has 0 saturated heterocycles. The van der Waals surface area contributed by atoms with Gasteiger partial charge in [0.25, 0.3) is 0 Å². The molecule has 1 rings (SSSR count). The van der Waals surface area contributed by atoms with Gasteiger partial charge in [0.15, 0.2) is 0 Å². The third-order valence-corrected chi connectivity index (χ3v) is 5.97. The minimum atomic E-state index is -0.590. The van der Waals surface area contributed by atoms with Crippen LogP contribution in [0.25, 0.3) is 0 Å². The van der Waals surface area contributed by atoms with E-state index in [1.165, 1.54) is 6.42 Å². The van der Waals surface area contributed by atoms with Crippen molar-refractivity contribution < 1.29 is 9.90 Å². The molecule has 1 aliphatic rings. The summed E-state index contributed by atoms with van der Waals surface area (Å²) in [6.07, 6.45) is 4.26. The van der Waals surface area contributed by atoms with Crippen molar-refractivity contribution in [1.82, 2.24) is 0 Å². The van der Waals surface area contributed by atoms with E-state index in [-0.39, 0.29) is 5.92 Å². The summed E-state index contributed by atoms with van der Waals surface area (Å²) in [5, 5.41) is 10.2. The zero-order valence-electron chi connectivity index (χ0n) is 11.5. The summed E-state index contributed by atoms with van der Waals surface area (Å²) >= 11 is 1.90. The lowest BCUT2D eigenvalue weighted by Crippen LogP contribution is -2.34. The summed E-state index contributed by atoms with van der Waals surface area (Å²) in [5.41, 5.74) is 0. The molecule has 1 fully saturated rings. The maximum Gasteiger partial charge on any atom is 0.307 e. The van der Waals surface area contributed by atoms with Crippen molar-refractivity contribution in [3.05, 3.63) is 0 Å². The van der Waals surface area contributed by atoms with Crippen LogP contribution in [0.2, 0.25) is 0 Å². The molecule has 0 spiro atoms. The Labute approximate surface area is 110 Å². The van der Waals surface area contributed by atoms with Gasteiger partial charge in [0.2, 0.25) is 0 Å². The summed E-state index contributed by atoms with van der Waals surface area (Å²) in [5.74, 6) is 0.649. The van der Waals surface area contributed by atoms with Gasteiger partial charge in [0.1, 0.15) is 0 Å². The van der Waals surface area contributed by atoms with Crippen molar-refractivity contribution >= 4 is 17.7 Å². The molecule has 1 saturated carbocycles. The number of aliphatic carboxylic acids is 1. The van der Waals surface area contributed by atoms with Crippen molar-refractivity contribution in [3.8, 4) is 0 Å². The Bertz CT molecular complexity index is 253. The average molecular weight is 258 g/mol. The van der Waals surface area contributed by atoms with E-state index in [9.17, 15) is 9.90 Å². The average Bonchev–Trinajstić information content (AvgIpc) is 2.28. The highest BCUT2D eigenvalue weighted by Crippen LogP contribution is 2.40. The maximum atomic E-state index is 11.3. The van der Waals surface area contributed by atoms with Gasteiger partial charge in [-0.3, -0.25) is 4.79 Å². The summed E-state index contributed by atoms with van der Waals surface area (Å²) in [6.45, 7) is 8.88. The van der Waals surface area contributed by atoms with Crippen LogP contribution >= 0.6 is 11.8 Å². The van der Waals surface area contributed by atoms with E-state index >= 15 is 0 Å². The molecule has 4 atom stereocenters. The van der Waals surface area contributed by atoms with E-state index in [1.807, 2.05) is 11.8 Å². The first-order chi connectivity index (χ1) is 7.95. The van der Waals surface area contributed by atoms with Crippen molar-refractivity contribution in [3.63, 3.8) is 0 Å². The molecular formula is C14H26O2S. The Morgan fingerprint density at radius 1 is 1.35 bits per heavy atom. The lowest BCUT2D eigenvalue weighted by molar-refractivity contribution is -0.142. The molecule has 1 N–H and O–H groups in total. The van der Waals surface area contributed by atoms with Gasteiger partial charge in [-0.05, 0) is 31.1 Å². The Morgan fingerprint density at radius 2 is 2.00 bits per heavy atom. The topological polar surface area (TPSA) is 37.3 Å². The number of thioether (sulfide) groups is 1. The molecule has 100 valence electrons. The standard InChI is InChI=1S/C14H26O2S/c1-5-11-6-7-12(14(15)16)13(8-11)17-10(4)9(2)3/h9-13H,5-8H2,1-4H3,(H,15,16). The van der Waals surface area contributed by atoms with Crippen LogP contribution in [0.4, 0.5) is 0 Å². The lowest BCUT2D eigenvalue weighted by atomic mass is 9.80. The highest BCUT2D eigenvalue weighted by molar-refractivity contribution is 8.00. The smallest absolute Gasteiger partial charge is 0.307 e. The minimum Gasteiger partial charge on any atom is -0.481 e. The van der Waals surface area contributed by atoms with Crippen molar-refractivity contribution in [1.29, 1.82) is 0 Å². The molecule has 0 aliphatic heterocycles. The summed E-state index contributed by atoms with van der Waals surface area (Å²) in [4.78, 5) is 11.3. The summed E-state index contributed by atoms with van der Waals surface area (Å²) in [7, 11) is 0. The molecule has 0 aromatic carbocycles. The van der Waals surface area contributed by atoms with Crippen LogP contribution in [-0.4, -0.2) is 21.6 Å². The molecular weight excluding hydrogens is 232 g/mol. The number of carboxylic acid groups (broad SMARTS) is 1. The zero-order valence-corrected chi connectivity index (χ0v) is 12.3. The molecule has 3 heteroatoms. The Kier molecular flexibility index (Phi) is 5.84. The van der Waals surface area contributed by atoms with Crippen molar-refractivity contribution in [2.45, 2.75) is 63.9 Å². The molecule has 0 amide bonds. The van der Waals surface area contributed by atoms with E-state index in [1.54, 1.807) is 0 Å². The van der Waals surface area contributed by atoms with E-state index in [4.69, 9.17) is 0 Å². The fourth-order valence-electron chi connectivity index (χ4n) is 2.45. The second kappa shape index (κ2) is 6.67. The molecule has 0 aromatic rings. The monoisotopic (exact) mass is 258 g/mol. The van der Waals surface area contributed by atoms with E-state index < -0.39 is 5.97 Å². The van der Waals surface area contributed by atoms with Crippen molar-refractivity contribution in [2.75, 3.05) is 0 Å². The highest BCUT2D eigenvalue weighted by Gasteiger charge is 2.35. The van der Waals surface area contributed by atoms with Gasteiger partial charge in [-0.25, -0.2) is 0 Å². The van der Waals surface area contributed by atoms with Gasteiger partial charge >= 0.3 is 5.97 Å². The fourth-order valence-corrected chi connectivity index (χ4v) is 4.14. The summed E-state index contributed by atoms with van der Waals surface area (Å²) in [6, 6.07) is 0. The molecule has 0 bridgehead atoms. The summed E-state index contributed by atoms with van der Waals surface area (Å²) < 4.78 is 0. The molecule has 2 nitrogen and oxygen atoms in total. The van der Waals surface area contributed by atoms with Crippen LogP contribution in [0.15, 0.2) is 0 Å². The Hall–Kier alpha value is -0.180. The molecule has 1 aliphatic carbocycles. The molecule has 4 unspecified atom stereocenters. The van der Waals surface area contributed by atoms with Crippen molar-refractivity contribution in [2.24, 2.45) is 17.8 Å². The van der Waals surface area contributed by atoms with Gasteiger partial charge in [-0.1, -0.05) is 34.1 Å². The fraction of sp³-hybridized carbons (Fsp3) is 0.929. The normalized spacial score (nSPS) is 31.5. The zero-order chi connectivity index (χ0) is 13.0. The second-order valence-electron chi connectivity index (χ2n) is 5.66. The lowest BCUT2D eigenvalue weighted by Gasteiger charge is -2.35. The molecule has 0 aromatic heterocycles. The minimum absolute atomic E-state index is 0.121. The maximum absolute atomic E-state index is 11.3. The van der Waals surface area contributed by atoms with Crippen LogP contribution in [0.3, 0.4) is 0 Å². The predicted molar refractivity (Wildman–Crippen MR) is 74.4 cm³/mol. The van der Waals surface area contributed by atoms with Crippen LogP contribution in [0, 0.1) is 17.8 Å². The van der Waals surface area contributed by atoms with Gasteiger partial charge in [0.05, 0.1) is 5.92 Å². The molecule has 0 radical (unpaired) electrons. The van der Waals surface area contributed by atoms with Crippen LogP contribution in [0.1, 0.15) is 53.4 Å². The number of carboxylic acids is 1. The van der Waals surface area contributed by atoms with Gasteiger partial charge < -0.3 is 5.11 Å². The van der Waals surface area contributed by atoms with E-state index in [0.29, 0.717) is 16.4 Å². The van der Waals surface area contributed by atoms with Crippen LogP contribution < -0.4 is 0 Å². The first kappa shape index (κ1) is 14.9. The number of hydrogen-bond acceptors (Lipinski definition) is 2. The quantitative estimate of drug-likeness (QED) is 0.808. The van der Waals surface area contributed by atoms with Gasteiger partial charge in [-0.2, -0.15) is 11.8 Å². The number of hydrogen-bond donors (Lipinski definition) is 1. The Balaban J connectivity index is 2.63. The second-order valence-corrected chi connectivity index (χ2v) is 7.28. The molecule has 17 heavy (non-hydrogen) atoms. The van der Waals surface area contributed by atoms with E-state index in [2.05, 4.69) is 27.7 Å². The first-order valence-electron chi connectivity index (χ1n) is 6.83. The van der Waals surface area contributed by atoms with Crippen LogP contribution in [-0.2, 0) is 4.79 Å². The largest absolute Gasteiger partial charge is 0.481 e. The van der Waals surface area contributed by atoms with Gasteiger partial charge in [0, 0.05) is 10.5 Å². The number of carbonyl (C=O) groups is 1. The number of rotatable bonds is 5. The predicted octanol–water partition coefficient (Wildman–Crippen LogP) is 4.04.